The lowest BCUT2D eigenvalue weighted by molar-refractivity contribution is -0.131. The van der Waals surface area contributed by atoms with Crippen LogP contribution in [0.25, 0.3) is 0 Å². The van der Waals surface area contributed by atoms with Gasteiger partial charge in [0.1, 0.15) is 6.04 Å². The second kappa shape index (κ2) is 7.88. The van der Waals surface area contributed by atoms with Crippen LogP contribution < -0.4 is 0 Å². The molecule has 6 rings (SSSR count). The monoisotopic (exact) mass is 502 g/mol. The first-order valence-corrected chi connectivity index (χ1v) is 14.6. The summed E-state index contributed by atoms with van der Waals surface area (Å²) in [5, 5.41) is 0. The summed E-state index contributed by atoms with van der Waals surface area (Å²) in [6, 6.07) is 18.6. The Morgan fingerprint density at radius 2 is 1.61 bits per heavy atom. The van der Waals surface area contributed by atoms with Gasteiger partial charge in [-0.05, 0) is 43.4 Å². The summed E-state index contributed by atoms with van der Waals surface area (Å²) in [7, 11) is -3.73. The van der Waals surface area contributed by atoms with Gasteiger partial charge in [0, 0.05) is 22.0 Å². The zero-order valence-electron chi connectivity index (χ0n) is 21.1. The van der Waals surface area contributed by atoms with Gasteiger partial charge in [0.05, 0.1) is 17.5 Å². The minimum Gasteiger partial charge on any atom is -0.271 e. The van der Waals surface area contributed by atoms with E-state index >= 15 is 0 Å². The van der Waals surface area contributed by atoms with Gasteiger partial charge in [-0.1, -0.05) is 80.6 Å². The van der Waals surface area contributed by atoms with Crippen LogP contribution in [0.15, 0.2) is 78.3 Å². The molecule has 1 spiro atoms. The number of benzene rings is 2. The summed E-state index contributed by atoms with van der Waals surface area (Å²) in [4.78, 5) is 19.6. The number of rotatable bonds is 6. The smallest absolute Gasteiger partial charge is 0.262 e. The van der Waals surface area contributed by atoms with Crippen molar-refractivity contribution < 1.29 is 13.2 Å². The number of sulfonamides is 1. The van der Waals surface area contributed by atoms with E-state index in [9.17, 15) is 13.2 Å². The molecule has 4 atom stereocenters. The van der Waals surface area contributed by atoms with Gasteiger partial charge in [-0.25, -0.2) is 12.7 Å². The zero-order valence-corrected chi connectivity index (χ0v) is 21.9. The molecule has 1 heterocycles. The zero-order chi connectivity index (χ0) is 25.3. The lowest BCUT2D eigenvalue weighted by Crippen LogP contribution is -2.49. The van der Waals surface area contributed by atoms with Crippen LogP contribution in [-0.4, -0.2) is 42.2 Å². The van der Waals surface area contributed by atoms with Crippen molar-refractivity contribution >= 4 is 21.6 Å². The van der Waals surface area contributed by atoms with E-state index in [-0.39, 0.29) is 28.5 Å². The van der Waals surface area contributed by atoms with Gasteiger partial charge in [-0.15, -0.1) is 6.58 Å². The number of aliphatic imine (C=N–C) groups is 1. The Bertz CT molecular complexity index is 1300. The normalized spacial score (nSPS) is 30.9. The van der Waals surface area contributed by atoms with E-state index in [1.165, 1.54) is 4.31 Å². The number of carbonyl (C=O) groups excluding carboxylic acids is 1. The van der Waals surface area contributed by atoms with E-state index in [1.807, 2.05) is 66.7 Å². The minimum atomic E-state index is -3.73. The average Bonchev–Trinajstić information content (AvgIpc) is 3.52. The first-order valence-electron chi connectivity index (χ1n) is 13.0. The van der Waals surface area contributed by atoms with Crippen LogP contribution in [0.1, 0.15) is 57.1 Å². The van der Waals surface area contributed by atoms with Crippen molar-refractivity contribution in [1.82, 2.24) is 4.31 Å². The van der Waals surface area contributed by atoms with Crippen molar-refractivity contribution in [2.24, 2.45) is 27.2 Å². The number of nitrogens with zero attached hydrogens (tertiary/aromatic N) is 2. The van der Waals surface area contributed by atoms with E-state index in [4.69, 9.17) is 4.99 Å². The quantitative estimate of drug-likeness (QED) is 0.402. The first-order chi connectivity index (χ1) is 17.2. The number of hydrogen-bond acceptors (Lipinski definition) is 4. The summed E-state index contributed by atoms with van der Waals surface area (Å²) >= 11 is 0. The number of hydrogen-bond donors (Lipinski definition) is 0. The fraction of sp³-hybridized carbons (Fsp3) is 0.467. The van der Waals surface area contributed by atoms with Crippen molar-refractivity contribution in [2.75, 3.05) is 5.75 Å². The molecule has 0 aromatic heterocycles. The molecule has 2 bridgehead atoms. The fourth-order valence-electron chi connectivity index (χ4n) is 7.50. The summed E-state index contributed by atoms with van der Waals surface area (Å²) < 4.78 is 28.7. The molecule has 1 amide bonds. The molecule has 2 aromatic carbocycles. The van der Waals surface area contributed by atoms with Gasteiger partial charge >= 0.3 is 0 Å². The molecule has 4 aliphatic rings. The lowest BCUT2D eigenvalue weighted by atomic mass is 9.69. The standard InChI is InChI=1S/C30H34N2O3S/c1-4-29(17-18-29)26(31-25(21-11-7-5-8-12-21)22-13-9-6-10-14-22)27(33)32-24-19-23-15-16-30(24,28(23,2)3)20-36(32,34)35/h4-14,23-24,26H,1,15-20H2,2-3H3/t23-,24+,26-,30-/m1/s1. The molecule has 0 unspecified atom stereocenters. The molecule has 0 N–H and O–H groups in total. The van der Waals surface area contributed by atoms with Crippen LogP contribution in [0.2, 0.25) is 0 Å². The van der Waals surface area contributed by atoms with Gasteiger partial charge in [0.25, 0.3) is 5.91 Å². The van der Waals surface area contributed by atoms with Crippen molar-refractivity contribution in [3.8, 4) is 0 Å². The molecule has 36 heavy (non-hydrogen) atoms. The molecular formula is C30H34N2O3S. The second-order valence-corrected chi connectivity index (χ2v) is 13.7. The molecular weight excluding hydrogens is 468 g/mol. The molecule has 3 aliphatic carbocycles. The predicted molar refractivity (Wildman–Crippen MR) is 142 cm³/mol. The second-order valence-electron chi connectivity index (χ2n) is 11.8. The van der Waals surface area contributed by atoms with Gasteiger partial charge in [-0.3, -0.25) is 9.79 Å². The highest BCUT2D eigenvalue weighted by Gasteiger charge is 2.73. The van der Waals surface area contributed by atoms with Crippen LogP contribution in [-0.2, 0) is 14.8 Å². The maximum Gasteiger partial charge on any atom is 0.262 e. The topological polar surface area (TPSA) is 66.8 Å². The maximum atomic E-state index is 14.4. The van der Waals surface area contributed by atoms with Gasteiger partial charge in [-0.2, -0.15) is 0 Å². The van der Waals surface area contributed by atoms with E-state index in [1.54, 1.807) is 0 Å². The number of carbonyl (C=O) groups is 1. The molecule has 1 aliphatic heterocycles. The van der Waals surface area contributed by atoms with Gasteiger partial charge in [0.2, 0.25) is 10.0 Å². The average molecular weight is 503 g/mol. The molecule has 6 heteroatoms. The van der Waals surface area contributed by atoms with Crippen molar-refractivity contribution in [3.05, 3.63) is 84.4 Å². The Hall–Kier alpha value is -2.73. The third kappa shape index (κ3) is 3.22. The molecule has 2 aromatic rings. The van der Waals surface area contributed by atoms with Crippen LogP contribution in [0.5, 0.6) is 0 Å². The van der Waals surface area contributed by atoms with Crippen LogP contribution in [0, 0.1) is 22.2 Å². The van der Waals surface area contributed by atoms with Crippen molar-refractivity contribution in [3.63, 3.8) is 0 Å². The highest BCUT2D eigenvalue weighted by Crippen LogP contribution is 2.70. The Morgan fingerprint density at radius 3 is 2.11 bits per heavy atom. The number of amides is 1. The first kappa shape index (κ1) is 23.7. The molecule has 4 fully saturated rings. The van der Waals surface area contributed by atoms with Crippen molar-refractivity contribution in [1.29, 1.82) is 0 Å². The summed E-state index contributed by atoms with van der Waals surface area (Å²) in [5.74, 6) is 0.150. The fourth-order valence-corrected chi connectivity index (χ4v) is 10.0. The molecule has 1 saturated heterocycles. The van der Waals surface area contributed by atoms with Crippen LogP contribution in [0.4, 0.5) is 0 Å². The Balaban J connectivity index is 1.48. The lowest BCUT2D eigenvalue weighted by Gasteiger charge is -2.37. The van der Waals surface area contributed by atoms with E-state index in [2.05, 4.69) is 20.4 Å². The Kier molecular flexibility index (Phi) is 5.18. The largest absolute Gasteiger partial charge is 0.271 e. The van der Waals surface area contributed by atoms with Crippen molar-refractivity contribution in [2.45, 2.75) is 58.0 Å². The predicted octanol–water partition coefficient (Wildman–Crippen LogP) is 5.23. The molecule has 0 radical (unpaired) electrons. The van der Waals surface area contributed by atoms with E-state index < -0.39 is 21.5 Å². The Morgan fingerprint density at radius 1 is 1.03 bits per heavy atom. The molecule has 188 valence electrons. The minimum absolute atomic E-state index is 0.0711. The summed E-state index contributed by atoms with van der Waals surface area (Å²) in [6.07, 6.45) is 6.08. The van der Waals surface area contributed by atoms with E-state index in [0.29, 0.717) is 11.6 Å². The molecule has 3 saturated carbocycles. The summed E-state index contributed by atoms with van der Waals surface area (Å²) in [6.45, 7) is 8.47. The van der Waals surface area contributed by atoms with Gasteiger partial charge < -0.3 is 0 Å². The van der Waals surface area contributed by atoms with Crippen LogP contribution in [0.3, 0.4) is 0 Å². The van der Waals surface area contributed by atoms with Crippen LogP contribution >= 0.6 is 0 Å². The maximum absolute atomic E-state index is 14.4. The number of fused-ring (bicyclic) bond motifs is 1. The highest BCUT2D eigenvalue weighted by atomic mass is 32.2. The highest BCUT2D eigenvalue weighted by molar-refractivity contribution is 7.90. The Labute approximate surface area is 214 Å². The van der Waals surface area contributed by atoms with Gasteiger partial charge in [0.15, 0.2) is 0 Å². The molecule has 5 nitrogen and oxygen atoms in total. The third-order valence-electron chi connectivity index (χ3n) is 9.99. The van der Waals surface area contributed by atoms with E-state index in [0.717, 1.165) is 43.2 Å². The SMILES string of the molecule is C=CC1([C@H](N=C(c2ccccc2)c2ccccc2)C(=O)N2[C@H]3C[C@H]4CC[C@]3(CS2(=O)=O)C4(C)C)CC1. The third-order valence-corrected chi connectivity index (χ3v) is 11.9. The summed E-state index contributed by atoms with van der Waals surface area (Å²) in [5.41, 5.74) is 1.57.